The highest BCUT2D eigenvalue weighted by atomic mass is 16.2. The second kappa shape index (κ2) is 6.55. The minimum atomic E-state index is -0.205. The van der Waals surface area contributed by atoms with Crippen molar-refractivity contribution in [1.29, 1.82) is 0 Å². The number of likely N-dealkylation sites (tertiary alicyclic amines) is 1. The Hall–Kier alpha value is -2.88. The molecule has 0 radical (unpaired) electrons. The summed E-state index contributed by atoms with van der Waals surface area (Å²) in [6.07, 6.45) is 2.11. The largest absolute Gasteiger partial charge is 0.343 e. The molecule has 4 heteroatoms. The van der Waals surface area contributed by atoms with Crippen LogP contribution in [0.4, 0.5) is 0 Å². The van der Waals surface area contributed by atoms with Crippen LogP contribution in [0.3, 0.4) is 0 Å². The van der Waals surface area contributed by atoms with E-state index in [4.69, 9.17) is 0 Å². The molecule has 1 aromatic carbocycles. The van der Waals surface area contributed by atoms with Crippen LogP contribution in [0, 0.1) is 0 Å². The average Bonchev–Trinajstić information content (AvgIpc) is 3.22. The predicted octanol–water partition coefficient (Wildman–Crippen LogP) is 3.30. The second-order valence-electron chi connectivity index (χ2n) is 6.50. The molecule has 1 aromatic rings. The van der Waals surface area contributed by atoms with Crippen LogP contribution in [-0.4, -0.2) is 36.3 Å². The predicted molar refractivity (Wildman–Crippen MR) is 98.7 cm³/mol. The fraction of sp³-hybridized carbons (Fsp3) is 0.238. The van der Waals surface area contributed by atoms with Crippen molar-refractivity contribution in [1.82, 2.24) is 10.2 Å². The summed E-state index contributed by atoms with van der Waals surface area (Å²) in [6, 6.07) is 18.0. The molecule has 3 aliphatic rings. The molecule has 4 nitrogen and oxygen atoms in total. The van der Waals surface area contributed by atoms with Crippen molar-refractivity contribution in [2.45, 2.75) is 12.8 Å². The molecular weight excluding hydrogens is 312 g/mol. The van der Waals surface area contributed by atoms with Crippen molar-refractivity contribution >= 4 is 22.6 Å². The Labute approximate surface area is 146 Å². The van der Waals surface area contributed by atoms with E-state index in [0.717, 1.165) is 47.8 Å². The van der Waals surface area contributed by atoms with Crippen LogP contribution in [0.1, 0.15) is 23.2 Å². The zero-order valence-electron chi connectivity index (χ0n) is 14.0. The monoisotopic (exact) mass is 332 g/mol. The number of carbonyl (C=O) groups excluding carboxylic acids is 2. The second-order valence-corrected chi connectivity index (χ2v) is 6.50. The van der Waals surface area contributed by atoms with Crippen molar-refractivity contribution in [3.05, 3.63) is 60.2 Å². The van der Waals surface area contributed by atoms with Gasteiger partial charge >= 0.3 is 0 Å². The van der Waals surface area contributed by atoms with E-state index in [2.05, 4.69) is 23.5 Å². The van der Waals surface area contributed by atoms with Crippen molar-refractivity contribution in [3.63, 3.8) is 0 Å². The Kier molecular flexibility index (Phi) is 4.10. The number of nitrogens with zero attached hydrogens (tertiary/aromatic N) is 1. The molecule has 1 heterocycles. The maximum Gasteiger partial charge on any atom is 0.251 e. The molecule has 2 aliphatic carbocycles. The van der Waals surface area contributed by atoms with Crippen LogP contribution in [0.2, 0.25) is 0 Å². The van der Waals surface area contributed by atoms with Crippen LogP contribution < -0.4 is 5.32 Å². The fourth-order valence-electron chi connectivity index (χ4n) is 3.49. The molecule has 0 aromatic heterocycles. The molecule has 0 saturated carbocycles. The lowest BCUT2D eigenvalue weighted by atomic mass is 10.1. The topological polar surface area (TPSA) is 49.4 Å². The number of fused-ring (bicyclic) bond motifs is 3. The minimum absolute atomic E-state index is 0.00212. The Bertz CT molecular complexity index is 913. The van der Waals surface area contributed by atoms with E-state index >= 15 is 0 Å². The molecule has 2 amide bonds. The quantitative estimate of drug-likeness (QED) is 0.800. The highest BCUT2D eigenvalue weighted by molar-refractivity contribution is 6.06. The number of carbonyl (C=O) groups is 2. The minimum Gasteiger partial charge on any atom is -0.343 e. The fourth-order valence-corrected chi connectivity index (χ4v) is 3.49. The standard InChI is InChI=1S/C21H20N2O2/c24-20(23-10-4-5-11-23)14-22-21(25)17-9-8-16-12-15-6-2-1-3-7-18(15)19(16)13-17/h1-3,6-9,12-13H,4-5,10-11,14H2,(H,22,25). The number of hydrogen-bond donors (Lipinski definition) is 1. The molecule has 1 N–H and O–H groups in total. The van der Waals surface area contributed by atoms with E-state index < -0.39 is 0 Å². The lowest BCUT2D eigenvalue weighted by molar-refractivity contribution is -0.129. The first-order valence-electron chi connectivity index (χ1n) is 8.70. The normalized spacial score (nSPS) is 14.2. The van der Waals surface area contributed by atoms with E-state index in [-0.39, 0.29) is 18.4 Å². The van der Waals surface area contributed by atoms with Crippen LogP contribution in [0.5, 0.6) is 0 Å². The van der Waals surface area contributed by atoms with Gasteiger partial charge in [-0.15, -0.1) is 0 Å². The molecule has 4 rings (SSSR count). The third kappa shape index (κ3) is 3.07. The highest BCUT2D eigenvalue weighted by Gasteiger charge is 2.19. The summed E-state index contributed by atoms with van der Waals surface area (Å²) in [5.41, 5.74) is 2.87. The molecule has 0 atom stereocenters. The van der Waals surface area contributed by atoms with E-state index in [1.54, 1.807) is 0 Å². The number of rotatable bonds is 3. The molecule has 0 unspecified atom stereocenters. The number of nitrogens with one attached hydrogen (secondary N) is 1. The maximum atomic E-state index is 12.4. The Morgan fingerprint density at radius 1 is 0.960 bits per heavy atom. The van der Waals surface area contributed by atoms with Gasteiger partial charge in [-0.05, 0) is 52.9 Å². The molecule has 1 fully saturated rings. The smallest absolute Gasteiger partial charge is 0.251 e. The average molecular weight is 332 g/mol. The van der Waals surface area contributed by atoms with Gasteiger partial charge < -0.3 is 10.2 Å². The van der Waals surface area contributed by atoms with Gasteiger partial charge in [-0.3, -0.25) is 9.59 Å². The molecule has 126 valence electrons. The molecule has 1 saturated heterocycles. The molecule has 1 aliphatic heterocycles. The highest BCUT2D eigenvalue weighted by Crippen LogP contribution is 2.33. The van der Waals surface area contributed by atoms with Crippen molar-refractivity contribution in [2.75, 3.05) is 19.6 Å². The first kappa shape index (κ1) is 15.6. The summed E-state index contributed by atoms with van der Waals surface area (Å²) in [6.45, 7) is 1.67. The molecule has 0 bridgehead atoms. The van der Waals surface area contributed by atoms with Gasteiger partial charge in [-0.1, -0.05) is 36.4 Å². The summed E-state index contributed by atoms with van der Waals surface area (Å²) in [5.74, 6) is -0.207. The number of benzene rings is 1. The van der Waals surface area contributed by atoms with Gasteiger partial charge in [-0.2, -0.15) is 0 Å². The maximum absolute atomic E-state index is 12.4. The summed E-state index contributed by atoms with van der Waals surface area (Å²) in [4.78, 5) is 26.3. The van der Waals surface area contributed by atoms with Gasteiger partial charge in [0.2, 0.25) is 5.91 Å². The molecular formula is C21H20N2O2. The Balaban J connectivity index is 1.54. The van der Waals surface area contributed by atoms with Crippen LogP contribution in [0.15, 0.2) is 54.6 Å². The Morgan fingerprint density at radius 2 is 1.76 bits per heavy atom. The van der Waals surface area contributed by atoms with Gasteiger partial charge in [0.05, 0.1) is 6.54 Å². The number of amides is 2. The van der Waals surface area contributed by atoms with Gasteiger partial charge in [-0.25, -0.2) is 0 Å². The summed E-state index contributed by atoms with van der Waals surface area (Å²) < 4.78 is 0. The van der Waals surface area contributed by atoms with Gasteiger partial charge in [0.25, 0.3) is 5.91 Å². The SMILES string of the molecule is O=C(NCC(=O)N1CCCC1)c1ccc2cc3cccccc-3c2c1. The first-order chi connectivity index (χ1) is 12.2. The lowest BCUT2D eigenvalue weighted by Gasteiger charge is -2.15. The van der Waals surface area contributed by atoms with Crippen LogP contribution in [-0.2, 0) is 4.79 Å². The van der Waals surface area contributed by atoms with Crippen molar-refractivity contribution in [2.24, 2.45) is 0 Å². The van der Waals surface area contributed by atoms with E-state index in [1.807, 2.05) is 41.3 Å². The molecule has 25 heavy (non-hydrogen) atoms. The van der Waals surface area contributed by atoms with Crippen molar-refractivity contribution in [3.8, 4) is 11.1 Å². The first-order valence-corrected chi connectivity index (χ1v) is 8.70. The van der Waals surface area contributed by atoms with E-state index in [1.165, 1.54) is 0 Å². The summed E-state index contributed by atoms with van der Waals surface area (Å²) in [5, 5.41) is 4.93. The van der Waals surface area contributed by atoms with Gasteiger partial charge in [0.15, 0.2) is 0 Å². The van der Waals surface area contributed by atoms with Crippen molar-refractivity contribution < 1.29 is 9.59 Å². The Morgan fingerprint density at radius 3 is 2.60 bits per heavy atom. The van der Waals surface area contributed by atoms with Crippen LogP contribution >= 0.6 is 0 Å². The van der Waals surface area contributed by atoms with Gasteiger partial charge in [0, 0.05) is 18.7 Å². The lowest BCUT2D eigenvalue weighted by Crippen LogP contribution is -2.38. The third-order valence-corrected chi connectivity index (χ3v) is 4.85. The van der Waals surface area contributed by atoms with E-state index in [0.29, 0.717) is 5.56 Å². The molecule has 0 spiro atoms. The van der Waals surface area contributed by atoms with Gasteiger partial charge in [0.1, 0.15) is 0 Å². The van der Waals surface area contributed by atoms with Crippen LogP contribution in [0.25, 0.3) is 21.9 Å². The third-order valence-electron chi connectivity index (χ3n) is 4.85. The zero-order valence-corrected chi connectivity index (χ0v) is 14.0. The number of hydrogen-bond acceptors (Lipinski definition) is 2. The summed E-state index contributed by atoms with van der Waals surface area (Å²) in [7, 11) is 0. The zero-order chi connectivity index (χ0) is 17.2. The summed E-state index contributed by atoms with van der Waals surface area (Å²) >= 11 is 0. The van der Waals surface area contributed by atoms with E-state index in [9.17, 15) is 9.59 Å².